The van der Waals surface area contributed by atoms with Gasteiger partial charge in [0.1, 0.15) is 5.75 Å². The van der Waals surface area contributed by atoms with E-state index in [-0.39, 0.29) is 17.9 Å². The fraction of sp³-hybridized carbons (Fsp3) is 0.136. The molecule has 0 aliphatic heterocycles. The molecule has 6 nitrogen and oxygen atoms in total. The minimum Gasteiger partial charge on any atom is -0.434 e. The number of rotatable bonds is 6. The molecule has 0 N–H and O–H groups in total. The highest BCUT2D eigenvalue weighted by Crippen LogP contribution is 2.26. The van der Waals surface area contributed by atoms with Crippen molar-refractivity contribution < 1.29 is 13.5 Å². The second-order valence-electron chi connectivity index (χ2n) is 6.64. The number of halogens is 2. The van der Waals surface area contributed by atoms with Gasteiger partial charge in [0, 0.05) is 30.6 Å². The fourth-order valence-electron chi connectivity index (χ4n) is 3.34. The Morgan fingerprint density at radius 3 is 2.57 bits per heavy atom. The van der Waals surface area contributed by atoms with Crippen LogP contribution in [0.3, 0.4) is 0 Å². The molecule has 152 valence electrons. The van der Waals surface area contributed by atoms with Crippen LogP contribution in [-0.4, -0.2) is 25.9 Å². The molecule has 0 saturated carbocycles. The van der Waals surface area contributed by atoms with Crippen LogP contribution in [0.1, 0.15) is 11.4 Å². The Hall–Kier alpha value is -3.81. The monoisotopic (exact) mass is 408 g/mol. The van der Waals surface area contributed by atoms with Crippen LogP contribution in [0.15, 0.2) is 66.2 Å². The van der Waals surface area contributed by atoms with Crippen LogP contribution in [0.5, 0.6) is 5.75 Å². The van der Waals surface area contributed by atoms with Crippen molar-refractivity contribution in [1.29, 1.82) is 0 Å². The average molecular weight is 408 g/mol. The van der Waals surface area contributed by atoms with Gasteiger partial charge in [-0.15, -0.1) is 0 Å². The summed E-state index contributed by atoms with van der Waals surface area (Å²) < 4.78 is 33.4. The van der Waals surface area contributed by atoms with Crippen molar-refractivity contribution in [2.75, 3.05) is 0 Å². The standard InChI is InChI=1S/C22H18F2N4O2/c1-3-20-25-11-16(12-26-20)14-8-9-17-18(10-14)28(27(2)21(17)29)13-15-6-4-5-7-19(15)30-22(23)24/h3-12,22H,1,13H2,2H3. The molecule has 8 heteroatoms. The molecule has 4 aromatic rings. The van der Waals surface area contributed by atoms with E-state index in [1.54, 1.807) is 54.5 Å². The fourth-order valence-corrected chi connectivity index (χ4v) is 3.34. The lowest BCUT2D eigenvalue weighted by Gasteiger charge is -2.14. The zero-order chi connectivity index (χ0) is 21.3. The molecule has 30 heavy (non-hydrogen) atoms. The van der Waals surface area contributed by atoms with Crippen molar-refractivity contribution in [2.24, 2.45) is 7.05 Å². The minimum atomic E-state index is -2.93. The number of hydrogen-bond acceptors (Lipinski definition) is 4. The van der Waals surface area contributed by atoms with Crippen LogP contribution in [0.4, 0.5) is 8.78 Å². The Morgan fingerprint density at radius 1 is 1.13 bits per heavy atom. The molecular weight excluding hydrogens is 390 g/mol. The van der Waals surface area contributed by atoms with Crippen molar-refractivity contribution in [3.8, 4) is 16.9 Å². The molecule has 0 saturated heterocycles. The highest BCUT2D eigenvalue weighted by atomic mass is 19.3. The number of hydrogen-bond donors (Lipinski definition) is 0. The zero-order valence-corrected chi connectivity index (χ0v) is 16.1. The molecular formula is C22H18F2N4O2. The number of nitrogens with zero attached hydrogens (tertiary/aromatic N) is 4. The molecule has 2 heterocycles. The first kappa shape index (κ1) is 19.5. The van der Waals surface area contributed by atoms with Crippen LogP contribution in [0, 0.1) is 0 Å². The summed E-state index contributed by atoms with van der Waals surface area (Å²) in [4.78, 5) is 21.1. The lowest BCUT2D eigenvalue weighted by Crippen LogP contribution is -2.20. The van der Waals surface area contributed by atoms with E-state index in [0.29, 0.717) is 22.3 Å². The maximum Gasteiger partial charge on any atom is 0.387 e. The van der Waals surface area contributed by atoms with E-state index in [2.05, 4.69) is 21.3 Å². The van der Waals surface area contributed by atoms with Crippen LogP contribution < -0.4 is 10.3 Å². The van der Waals surface area contributed by atoms with Crippen molar-refractivity contribution >= 4 is 17.0 Å². The Labute approximate surface area is 170 Å². The Balaban J connectivity index is 1.81. The summed E-state index contributed by atoms with van der Waals surface area (Å²) in [5.74, 6) is 0.596. The molecule has 2 aromatic carbocycles. The van der Waals surface area contributed by atoms with Gasteiger partial charge in [-0.05, 0) is 29.8 Å². The quantitative estimate of drug-likeness (QED) is 0.482. The third-order valence-corrected chi connectivity index (χ3v) is 4.86. The summed E-state index contributed by atoms with van der Waals surface area (Å²) in [6, 6.07) is 12.0. The van der Waals surface area contributed by atoms with E-state index in [1.807, 2.05) is 12.1 Å². The molecule has 0 radical (unpaired) electrons. The Bertz CT molecular complexity index is 1280. The van der Waals surface area contributed by atoms with Crippen molar-refractivity contribution in [2.45, 2.75) is 13.2 Å². The third kappa shape index (κ3) is 3.59. The van der Waals surface area contributed by atoms with Gasteiger partial charge in [0.05, 0.1) is 17.4 Å². The van der Waals surface area contributed by atoms with Gasteiger partial charge in [0.15, 0.2) is 5.82 Å². The second kappa shape index (κ2) is 7.90. The molecule has 0 amide bonds. The summed E-state index contributed by atoms with van der Waals surface area (Å²) in [5.41, 5.74) is 2.64. The molecule has 4 rings (SSSR count). The van der Waals surface area contributed by atoms with Gasteiger partial charge >= 0.3 is 6.61 Å². The first-order valence-electron chi connectivity index (χ1n) is 9.15. The first-order valence-corrected chi connectivity index (χ1v) is 9.15. The number of fused-ring (bicyclic) bond motifs is 1. The Kier molecular flexibility index (Phi) is 5.14. The zero-order valence-electron chi connectivity index (χ0n) is 16.1. The van der Waals surface area contributed by atoms with Crippen molar-refractivity contribution in [1.82, 2.24) is 19.3 Å². The maximum absolute atomic E-state index is 12.8. The van der Waals surface area contributed by atoms with Crippen LogP contribution in [0.25, 0.3) is 28.1 Å². The second-order valence-corrected chi connectivity index (χ2v) is 6.64. The van der Waals surface area contributed by atoms with Crippen LogP contribution in [-0.2, 0) is 13.6 Å². The lowest BCUT2D eigenvalue weighted by molar-refractivity contribution is -0.0505. The van der Waals surface area contributed by atoms with E-state index < -0.39 is 6.61 Å². The minimum absolute atomic E-state index is 0.0753. The van der Waals surface area contributed by atoms with Crippen LogP contribution in [0.2, 0.25) is 0 Å². The molecule has 0 atom stereocenters. The average Bonchev–Trinajstić information content (AvgIpc) is 2.99. The van der Waals surface area contributed by atoms with Gasteiger partial charge in [0.2, 0.25) is 0 Å². The number of alkyl halides is 2. The highest BCUT2D eigenvalue weighted by Gasteiger charge is 2.15. The number of benzene rings is 2. The summed E-state index contributed by atoms with van der Waals surface area (Å²) >= 11 is 0. The van der Waals surface area contributed by atoms with E-state index >= 15 is 0 Å². The molecule has 0 aliphatic rings. The number of para-hydroxylation sites is 1. The highest BCUT2D eigenvalue weighted by molar-refractivity contribution is 5.84. The summed E-state index contributed by atoms with van der Waals surface area (Å²) in [7, 11) is 1.64. The van der Waals surface area contributed by atoms with E-state index in [1.165, 1.54) is 10.7 Å². The normalized spacial score (nSPS) is 11.2. The van der Waals surface area contributed by atoms with Gasteiger partial charge in [-0.3, -0.25) is 14.2 Å². The molecule has 2 aromatic heterocycles. The van der Waals surface area contributed by atoms with Crippen molar-refractivity contribution in [3.05, 3.63) is 83.2 Å². The Morgan fingerprint density at radius 2 is 1.87 bits per heavy atom. The first-order chi connectivity index (χ1) is 14.5. The van der Waals surface area contributed by atoms with E-state index in [0.717, 1.165) is 11.1 Å². The lowest BCUT2D eigenvalue weighted by atomic mass is 10.1. The van der Waals surface area contributed by atoms with E-state index in [9.17, 15) is 13.6 Å². The molecule has 0 spiro atoms. The molecule has 0 fully saturated rings. The molecule has 0 unspecified atom stereocenters. The molecule has 0 aliphatic carbocycles. The van der Waals surface area contributed by atoms with Gasteiger partial charge in [-0.2, -0.15) is 8.78 Å². The summed E-state index contributed by atoms with van der Waals surface area (Å²) in [6.45, 7) is 0.899. The largest absolute Gasteiger partial charge is 0.434 e. The van der Waals surface area contributed by atoms with Gasteiger partial charge in [0.25, 0.3) is 5.56 Å². The predicted molar refractivity (Wildman–Crippen MR) is 110 cm³/mol. The van der Waals surface area contributed by atoms with Gasteiger partial charge in [-0.1, -0.05) is 30.8 Å². The SMILES string of the molecule is C=Cc1ncc(-c2ccc3c(=O)n(C)n(Cc4ccccc4OC(F)F)c3c2)cn1. The topological polar surface area (TPSA) is 61.9 Å². The van der Waals surface area contributed by atoms with Gasteiger partial charge in [-0.25, -0.2) is 9.97 Å². The third-order valence-electron chi connectivity index (χ3n) is 4.86. The van der Waals surface area contributed by atoms with E-state index in [4.69, 9.17) is 0 Å². The molecule has 0 bridgehead atoms. The summed E-state index contributed by atoms with van der Waals surface area (Å²) in [5, 5.41) is 0.525. The van der Waals surface area contributed by atoms with Crippen LogP contribution >= 0.6 is 0 Å². The number of ether oxygens (including phenoxy) is 1. The maximum atomic E-state index is 12.8. The van der Waals surface area contributed by atoms with Crippen molar-refractivity contribution in [3.63, 3.8) is 0 Å². The smallest absolute Gasteiger partial charge is 0.387 e. The number of aromatic nitrogens is 4. The predicted octanol–water partition coefficient (Wildman–Crippen LogP) is 4.09. The summed E-state index contributed by atoms with van der Waals surface area (Å²) in [6.07, 6.45) is 4.92. The van der Waals surface area contributed by atoms with Gasteiger partial charge < -0.3 is 4.74 Å².